The summed E-state index contributed by atoms with van der Waals surface area (Å²) in [4.78, 5) is 39.7. The number of carbonyl (C=O) groups is 3. The second-order valence-electron chi connectivity index (χ2n) is 7.27. The van der Waals surface area contributed by atoms with Crippen molar-refractivity contribution in [2.45, 2.75) is 45.1 Å². The maximum absolute atomic E-state index is 12.3. The number of Topliss-reactive ketones (excluding diaryl/α,β-unsaturated/α-hetero) is 1. The Morgan fingerprint density at radius 3 is 2.43 bits per heavy atom. The van der Waals surface area contributed by atoms with Gasteiger partial charge in [0.1, 0.15) is 0 Å². The molecule has 1 saturated heterocycles. The zero-order valence-corrected chi connectivity index (χ0v) is 17.0. The number of likely N-dealkylation sites (tertiary alicyclic amines) is 1. The number of nitrogens with zero attached hydrogens (tertiary/aromatic N) is 1. The minimum Gasteiger partial charge on any atom is -0.353 e. The van der Waals surface area contributed by atoms with Gasteiger partial charge in [0.2, 0.25) is 11.8 Å². The average molecular weight is 399 g/mol. The first-order chi connectivity index (χ1) is 13.5. The van der Waals surface area contributed by atoms with E-state index in [0.717, 1.165) is 23.3 Å². The predicted molar refractivity (Wildman–Crippen MR) is 111 cm³/mol. The molecule has 2 heterocycles. The van der Waals surface area contributed by atoms with Crippen LogP contribution in [0.3, 0.4) is 0 Å². The fourth-order valence-electron chi connectivity index (χ4n) is 3.36. The molecule has 5 nitrogen and oxygen atoms in total. The quantitative estimate of drug-likeness (QED) is 0.727. The third kappa shape index (κ3) is 5.76. The fraction of sp³-hybridized carbons (Fsp3) is 0.409. The number of ketones is 1. The minimum atomic E-state index is -0.0937. The summed E-state index contributed by atoms with van der Waals surface area (Å²) in [5, 5.41) is 4.99. The van der Waals surface area contributed by atoms with Crippen LogP contribution in [0.1, 0.15) is 46.5 Å². The molecular formula is C22H26N2O3S. The van der Waals surface area contributed by atoms with Gasteiger partial charge in [0.25, 0.3) is 0 Å². The fourth-order valence-corrected chi connectivity index (χ4v) is 4.05. The Kier molecular flexibility index (Phi) is 6.98. The van der Waals surface area contributed by atoms with Crippen molar-refractivity contribution in [1.82, 2.24) is 10.2 Å². The van der Waals surface area contributed by atoms with Gasteiger partial charge in [-0.3, -0.25) is 14.4 Å². The first-order valence-corrected chi connectivity index (χ1v) is 10.6. The summed E-state index contributed by atoms with van der Waals surface area (Å²) in [6.07, 6.45) is 2.38. The standard InChI is InChI=1S/C22H26N2O3S/c1-16-4-6-17(7-5-16)20(25)8-9-21(26)23-18-10-12-24(13-11-18)22(27)15-19-3-2-14-28-19/h2-7,14,18H,8-13,15H2,1H3,(H,23,26). The zero-order valence-electron chi connectivity index (χ0n) is 16.1. The highest BCUT2D eigenvalue weighted by atomic mass is 32.1. The van der Waals surface area contributed by atoms with Crippen molar-refractivity contribution < 1.29 is 14.4 Å². The number of amides is 2. The summed E-state index contributed by atoms with van der Waals surface area (Å²) in [6.45, 7) is 3.30. The van der Waals surface area contributed by atoms with Gasteiger partial charge in [0, 0.05) is 42.4 Å². The van der Waals surface area contributed by atoms with E-state index in [1.807, 2.05) is 41.5 Å². The molecule has 0 bridgehead atoms. The molecule has 1 aromatic heterocycles. The highest BCUT2D eigenvalue weighted by Gasteiger charge is 2.24. The molecule has 1 aliphatic heterocycles. The number of hydrogen-bond acceptors (Lipinski definition) is 4. The number of rotatable bonds is 7. The molecular weight excluding hydrogens is 372 g/mol. The van der Waals surface area contributed by atoms with Crippen LogP contribution < -0.4 is 5.32 Å². The molecule has 1 aliphatic rings. The smallest absolute Gasteiger partial charge is 0.227 e. The van der Waals surface area contributed by atoms with Crippen LogP contribution in [0.4, 0.5) is 0 Å². The van der Waals surface area contributed by atoms with Crippen molar-refractivity contribution in [3.63, 3.8) is 0 Å². The Morgan fingerprint density at radius 2 is 1.79 bits per heavy atom. The molecule has 0 radical (unpaired) electrons. The third-order valence-electron chi connectivity index (χ3n) is 5.07. The molecule has 0 unspecified atom stereocenters. The van der Waals surface area contributed by atoms with Crippen LogP contribution in [0, 0.1) is 6.92 Å². The van der Waals surface area contributed by atoms with E-state index >= 15 is 0 Å². The third-order valence-corrected chi connectivity index (χ3v) is 5.95. The van der Waals surface area contributed by atoms with E-state index in [4.69, 9.17) is 0 Å². The van der Waals surface area contributed by atoms with Crippen LogP contribution in [0.2, 0.25) is 0 Å². The number of hydrogen-bond donors (Lipinski definition) is 1. The molecule has 1 N–H and O–H groups in total. The lowest BCUT2D eigenvalue weighted by Crippen LogP contribution is -2.46. The lowest BCUT2D eigenvalue weighted by atomic mass is 10.0. The summed E-state index contributed by atoms with van der Waals surface area (Å²) in [5.41, 5.74) is 1.76. The van der Waals surface area contributed by atoms with Crippen molar-refractivity contribution in [3.8, 4) is 0 Å². The van der Waals surface area contributed by atoms with Crippen molar-refractivity contribution >= 4 is 28.9 Å². The summed E-state index contributed by atoms with van der Waals surface area (Å²) < 4.78 is 0. The first-order valence-electron chi connectivity index (χ1n) is 9.70. The van der Waals surface area contributed by atoms with Crippen LogP contribution in [0.5, 0.6) is 0 Å². The summed E-state index contributed by atoms with van der Waals surface area (Å²) >= 11 is 1.60. The Hall–Kier alpha value is -2.47. The van der Waals surface area contributed by atoms with Gasteiger partial charge >= 0.3 is 0 Å². The van der Waals surface area contributed by atoms with Crippen LogP contribution in [0.15, 0.2) is 41.8 Å². The highest BCUT2D eigenvalue weighted by molar-refractivity contribution is 7.10. The van der Waals surface area contributed by atoms with E-state index in [0.29, 0.717) is 25.1 Å². The van der Waals surface area contributed by atoms with E-state index in [-0.39, 0.29) is 36.5 Å². The SMILES string of the molecule is Cc1ccc(C(=O)CCC(=O)NC2CCN(C(=O)Cc3cccs3)CC2)cc1. The van der Waals surface area contributed by atoms with E-state index in [9.17, 15) is 14.4 Å². The van der Waals surface area contributed by atoms with Gasteiger partial charge in [0.05, 0.1) is 6.42 Å². The Labute approximate surface area is 169 Å². The summed E-state index contributed by atoms with van der Waals surface area (Å²) in [5.74, 6) is 0.0453. The maximum Gasteiger partial charge on any atom is 0.227 e. The van der Waals surface area contributed by atoms with Crippen LogP contribution in [0.25, 0.3) is 0 Å². The van der Waals surface area contributed by atoms with E-state index < -0.39 is 0 Å². The molecule has 0 aliphatic carbocycles. The molecule has 1 aromatic carbocycles. The largest absolute Gasteiger partial charge is 0.353 e. The van der Waals surface area contributed by atoms with Gasteiger partial charge in [-0.1, -0.05) is 35.9 Å². The first kappa shape index (κ1) is 20.3. The molecule has 6 heteroatoms. The Morgan fingerprint density at radius 1 is 1.07 bits per heavy atom. The van der Waals surface area contributed by atoms with Crippen molar-refractivity contribution in [2.24, 2.45) is 0 Å². The monoisotopic (exact) mass is 398 g/mol. The highest BCUT2D eigenvalue weighted by Crippen LogP contribution is 2.15. The lowest BCUT2D eigenvalue weighted by Gasteiger charge is -2.32. The second-order valence-corrected chi connectivity index (χ2v) is 8.30. The summed E-state index contributed by atoms with van der Waals surface area (Å²) in [6, 6.07) is 11.4. The molecule has 0 saturated carbocycles. The van der Waals surface area contributed by atoms with Gasteiger partial charge in [-0.25, -0.2) is 0 Å². The van der Waals surface area contributed by atoms with Crippen LogP contribution in [-0.2, 0) is 16.0 Å². The van der Waals surface area contributed by atoms with E-state index in [1.54, 1.807) is 23.5 Å². The number of piperidine rings is 1. The molecule has 28 heavy (non-hydrogen) atoms. The average Bonchev–Trinajstić information content (AvgIpc) is 3.20. The van der Waals surface area contributed by atoms with E-state index in [1.165, 1.54) is 0 Å². The zero-order chi connectivity index (χ0) is 19.9. The lowest BCUT2D eigenvalue weighted by molar-refractivity contribution is -0.131. The molecule has 148 valence electrons. The second kappa shape index (κ2) is 9.64. The maximum atomic E-state index is 12.3. The topological polar surface area (TPSA) is 66.5 Å². The number of aryl methyl sites for hydroxylation is 1. The molecule has 2 amide bonds. The van der Waals surface area contributed by atoms with Crippen LogP contribution in [-0.4, -0.2) is 41.6 Å². The summed E-state index contributed by atoms with van der Waals surface area (Å²) in [7, 11) is 0. The van der Waals surface area contributed by atoms with Crippen molar-refractivity contribution in [3.05, 3.63) is 57.8 Å². The molecule has 0 atom stereocenters. The molecule has 3 rings (SSSR count). The number of nitrogens with one attached hydrogen (secondary N) is 1. The Bertz CT molecular complexity index is 807. The van der Waals surface area contributed by atoms with Gasteiger partial charge < -0.3 is 10.2 Å². The normalized spacial score (nSPS) is 14.7. The van der Waals surface area contributed by atoms with Gasteiger partial charge in [-0.05, 0) is 31.2 Å². The number of thiophene rings is 1. The van der Waals surface area contributed by atoms with Gasteiger partial charge in [-0.15, -0.1) is 11.3 Å². The molecule has 1 fully saturated rings. The van der Waals surface area contributed by atoms with Crippen molar-refractivity contribution in [1.29, 1.82) is 0 Å². The predicted octanol–water partition coefficient (Wildman–Crippen LogP) is 3.37. The number of carbonyl (C=O) groups excluding carboxylic acids is 3. The minimum absolute atomic E-state index is 0.0101. The van der Waals surface area contributed by atoms with Gasteiger partial charge in [-0.2, -0.15) is 0 Å². The molecule has 0 spiro atoms. The number of benzene rings is 1. The van der Waals surface area contributed by atoms with Crippen LogP contribution >= 0.6 is 11.3 Å². The molecule has 2 aromatic rings. The van der Waals surface area contributed by atoms with Crippen molar-refractivity contribution in [2.75, 3.05) is 13.1 Å². The van der Waals surface area contributed by atoms with E-state index in [2.05, 4.69) is 5.32 Å². The Balaban J connectivity index is 1.37. The van der Waals surface area contributed by atoms with Gasteiger partial charge in [0.15, 0.2) is 5.78 Å².